The Morgan fingerprint density at radius 3 is 3.06 bits per heavy atom. The maximum Gasteiger partial charge on any atom is 0.105 e. The van der Waals surface area contributed by atoms with Crippen LogP contribution in [0.2, 0.25) is 0 Å². The van der Waals surface area contributed by atoms with Crippen molar-refractivity contribution in [1.82, 2.24) is 9.55 Å². The van der Waals surface area contributed by atoms with Crippen molar-refractivity contribution in [2.45, 2.75) is 13.5 Å². The molecule has 0 spiro atoms. The Morgan fingerprint density at radius 1 is 1.50 bits per heavy atom. The second kappa shape index (κ2) is 4.97. The minimum absolute atomic E-state index is 0.411. The molecular formula is C12H13N3S. The van der Waals surface area contributed by atoms with Crippen molar-refractivity contribution in [3.05, 3.63) is 40.1 Å². The highest BCUT2D eigenvalue weighted by molar-refractivity contribution is 7.12. The molecule has 0 saturated heterocycles. The van der Waals surface area contributed by atoms with Crippen LogP contribution in [0, 0.1) is 18.8 Å². The van der Waals surface area contributed by atoms with E-state index >= 15 is 0 Å². The van der Waals surface area contributed by atoms with E-state index in [4.69, 9.17) is 5.73 Å². The van der Waals surface area contributed by atoms with Gasteiger partial charge in [-0.2, -0.15) is 0 Å². The molecule has 2 aromatic rings. The molecule has 2 aromatic heterocycles. The van der Waals surface area contributed by atoms with Gasteiger partial charge < -0.3 is 10.3 Å². The van der Waals surface area contributed by atoms with Gasteiger partial charge in [-0.3, -0.25) is 0 Å². The van der Waals surface area contributed by atoms with Crippen LogP contribution in [-0.4, -0.2) is 16.1 Å². The molecule has 0 amide bonds. The molecule has 0 unspecified atom stereocenters. The van der Waals surface area contributed by atoms with Gasteiger partial charge in [0.2, 0.25) is 0 Å². The van der Waals surface area contributed by atoms with Gasteiger partial charge in [-0.15, -0.1) is 11.3 Å². The van der Waals surface area contributed by atoms with Gasteiger partial charge in [-0.25, -0.2) is 4.98 Å². The first-order valence-electron chi connectivity index (χ1n) is 5.05. The van der Waals surface area contributed by atoms with E-state index in [1.807, 2.05) is 25.4 Å². The molecule has 0 aliphatic carbocycles. The maximum absolute atomic E-state index is 5.33. The Bertz CT molecular complexity index is 528. The van der Waals surface area contributed by atoms with E-state index in [2.05, 4.69) is 27.5 Å². The van der Waals surface area contributed by atoms with Crippen LogP contribution in [0.4, 0.5) is 0 Å². The number of aryl methyl sites for hydroxylation is 1. The molecule has 0 aliphatic heterocycles. The van der Waals surface area contributed by atoms with Gasteiger partial charge in [-0.1, -0.05) is 11.8 Å². The Morgan fingerprint density at radius 2 is 2.38 bits per heavy atom. The van der Waals surface area contributed by atoms with Crippen molar-refractivity contribution < 1.29 is 0 Å². The van der Waals surface area contributed by atoms with Gasteiger partial charge in [0.15, 0.2) is 0 Å². The lowest BCUT2D eigenvalue weighted by Gasteiger charge is -2.01. The number of imidazole rings is 1. The third kappa shape index (κ3) is 2.51. The number of nitrogens with zero attached hydrogens (tertiary/aromatic N) is 2. The maximum atomic E-state index is 5.33. The first-order chi connectivity index (χ1) is 7.79. The highest BCUT2D eigenvalue weighted by Crippen LogP contribution is 2.17. The van der Waals surface area contributed by atoms with Crippen molar-refractivity contribution in [3.8, 4) is 11.8 Å². The number of nitrogens with two attached hydrogens (primary N) is 1. The normalized spacial score (nSPS) is 9.88. The minimum atomic E-state index is 0.411. The lowest BCUT2D eigenvalue weighted by molar-refractivity contribution is 0.772. The fourth-order valence-electron chi connectivity index (χ4n) is 1.41. The third-order valence-corrected chi connectivity index (χ3v) is 3.21. The summed E-state index contributed by atoms with van der Waals surface area (Å²) < 4.78 is 2.12. The second-order valence-corrected chi connectivity index (χ2v) is 4.54. The minimum Gasteiger partial charge on any atom is -0.330 e. The molecular weight excluding hydrogens is 218 g/mol. The standard InChI is InChI=1S/C12H13N3S/c1-10-14-7-8-15(10)9-12-5-4-11(16-12)3-2-6-13/h4-5,7-8H,6,9,13H2,1H3. The number of rotatable bonds is 2. The van der Waals surface area contributed by atoms with E-state index in [0.29, 0.717) is 6.54 Å². The Hall–Kier alpha value is -1.57. The molecule has 0 aromatic carbocycles. The Labute approximate surface area is 98.9 Å². The highest BCUT2D eigenvalue weighted by Gasteiger charge is 2.01. The Balaban J connectivity index is 2.11. The molecule has 82 valence electrons. The summed E-state index contributed by atoms with van der Waals surface area (Å²) in [6.45, 7) is 3.28. The molecule has 0 radical (unpaired) electrons. The third-order valence-electron chi connectivity index (χ3n) is 2.23. The number of thiophene rings is 1. The first kappa shape index (κ1) is 10.9. The fraction of sp³-hybridized carbons (Fsp3) is 0.250. The topological polar surface area (TPSA) is 43.8 Å². The van der Waals surface area contributed by atoms with Crippen LogP contribution in [0.1, 0.15) is 15.6 Å². The molecule has 4 heteroatoms. The van der Waals surface area contributed by atoms with Crippen LogP contribution in [0.15, 0.2) is 24.5 Å². The van der Waals surface area contributed by atoms with Crippen LogP contribution in [0.25, 0.3) is 0 Å². The molecule has 0 aliphatic rings. The van der Waals surface area contributed by atoms with E-state index < -0.39 is 0 Å². The van der Waals surface area contributed by atoms with E-state index in [9.17, 15) is 0 Å². The van der Waals surface area contributed by atoms with Crippen molar-refractivity contribution in [2.75, 3.05) is 6.54 Å². The molecule has 0 saturated carbocycles. The number of hydrogen-bond acceptors (Lipinski definition) is 3. The summed E-state index contributed by atoms with van der Waals surface area (Å²) in [4.78, 5) is 6.54. The SMILES string of the molecule is Cc1nccn1Cc1ccc(C#CCN)s1. The summed E-state index contributed by atoms with van der Waals surface area (Å²) in [5, 5.41) is 0. The van der Waals surface area contributed by atoms with Gasteiger partial charge in [0.1, 0.15) is 5.82 Å². The molecule has 3 nitrogen and oxygen atoms in total. The van der Waals surface area contributed by atoms with Crippen LogP contribution < -0.4 is 5.73 Å². The molecule has 2 N–H and O–H groups in total. The van der Waals surface area contributed by atoms with Gasteiger partial charge in [-0.05, 0) is 19.1 Å². The molecule has 0 fully saturated rings. The van der Waals surface area contributed by atoms with E-state index in [1.54, 1.807) is 11.3 Å². The molecule has 2 rings (SSSR count). The lowest BCUT2D eigenvalue weighted by atomic mass is 10.4. The monoisotopic (exact) mass is 231 g/mol. The Kier molecular flexibility index (Phi) is 3.40. The first-order valence-corrected chi connectivity index (χ1v) is 5.86. The smallest absolute Gasteiger partial charge is 0.105 e. The van der Waals surface area contributed by atoms with E-state index in [0.717, 1.165) is 17.2 Å². The zero-order valence-corrected chi connectivity index (χ0v) is 9.92. The van der Waals surface area contributed by atoms with E-state index in [-0.39, 0.29) is 0 Å². The molecule has 2 heterocycles. The summed E-state index contributed by atoms with van der Waals surface area (Å²) in [7, 11) is 0. The predicted molar refractivity (Wildman–Crippen MR) is 66.3 cm³/mol. The van der Waals surface area contributed by atoms with Gasteiger partial charge >= 0.3 is 0 Å². The molecule has 0 atom stereocenters. The van der Waals surface area contributed by atoms with Crippen LogP contribution in [0.3, 0.4) is 0 Å². The summed E-state index contributed by atoms with van der Waals surface area (Å²) in [5.41, 5.74) is 5.33. The molecule has 16 heavy (non-hydrogen) atoms. The van der Waals surface area contributed by atoms with E-state index in [1.165, 1.54) is 4.88 Å². The van der Waals surface area contributed by atoms with Gasteiger partial charge in [0.05, 0.1) is 18.0 Å². The van der Waals surface area contributed by atoms with Crippen molar-refractivity contribution in [3.63, 3.8) is 0 Å². The largest absolute Gasteiger partial charge is 0.330 e. The van der Waals surface area contributed by atoms with Crippen molar-refractivity contribution in [2.24, 2.45) is 5.73 Å². The summed E-state index contributed by atoms with van der Waals surface area (Å²) in [6.07, 6.45) is 3.80. The zero-order valence-electron chi connectivity index (χ0n) is 9.10. The molecule has 0 bridgehead atoms. The van der Waals surface area contributed by atoms with Crippen molar-refractivity contribution >= 4 is 11.3 Å². The number of aromatic nitrogens is 2. The second-order valence-electron chi connectivity index (χ2n) is 3.37. The van der Waals surface area contributed by atoms with Gasteiger partial charge in [0.25, 0.3) is 0 Å². The number of hydrogen-bond donors (Lipinski definition) is 1. The average Bonchev–Trinajstić information content (AvgIpc) is 2.87. The predicted octanol–water partition coefficient (Wildman–Crippen LogP) is 1.61. The highest BCUT2D eigenvalue weighted by atomic mass is 32.1. The summed E-state index contributed by atoms with van der Waals surface area (Å²) in [6, 6.07) is 4.14. The van der Waals surface area contributed by atoms with Crippen LogP contribution >= 0.6 is 11.3 Å². The zero-order chi connectivity index (χ0) is 11.4. The van der Waals surface area contributed by atoms with Gasteiger partial charge in [0, 0.05) is 17.3 Å². The fourth-order valence-corrected chi connectivity index (χ4v) is 2.29. The lowest BCUT2D eigenvalue weighted by Crippen LogP contribution is -1.98. The van der Waals surface area contributed by atoms with Crippen LogP contribution in [0.5, 0.6) is 0 Å². The quantitative estimate of drug-likeness (QED) is 0.798. The van der Waals surface area contributed by atoms with Crippen LogP contribution in [-0.2, 0) is 6.54 Å². The van der Waals surface area contributed by atoms with Crippen molar-refractivity contribution in [1.29, 1.82) is 0 Å². The summed E-state index contributed by atoms with van der Waals surface area (Å²) in [5.74, 6) is 6.93. The average molecular weight is 231 g/mol. The summed E-state index contributed by atoms with van der Waals surface area (Å²) >= 11 is 1.70.